The Kier molecular flexibility index (Phi) is 5.76. The Hall–Kier alpha value is -1.40. The quantitative estimate of drug-likeness (QED) is 0.752. The molecule has 1 unspecified atom stereocenters. The topological polar surface area (TPSA) is 71.5 Å². The summed E-state index contributed by atoms with van der Waals surface area (Å²) in [5.41, 5.74) is 5.69. The lowest BCUT2D eigenvalue weighted by molar-refractivity contribution is -0.126. The van der Waals surface area contributed by atoms with Crippen LogP contribution in [0, 0.1) is 0 Å². The van der Waals surface area contributed by atoms with Crippen molar-refractivity contribution in [1.82, 2.24) is 10.2 Å². The van der Waals surface area contributed by atoms with Crippen molar-refractivity contribution in [3.05, 3.63) is 24.2 Å². The highest BCUT2D eigenvalue weighted by molar-refractivity contribution is 7.80. The Morgan fingerprint density at radius 1 is 1.57 bits per heavy atom. The lowest BCUT2D eigenvalue weighted by atomic mass is 10.1. The SMILES string of the molecule is CC(C(=O)NCc1ccco1)N(CC(N)=S)C1CCCC1. The van der Waals surface area contributed by atoms with Gasteiger partial charge in [-0.1, -0.05) is 25.1 Å². The first-order valence-electron chi connectivity index (χ1n) is 7.42. The summed E-state index contributed by atoms with van der Waals surface area (Å²) in [5.74, 6) is 0.729. The predicted molar refractivity (Wildman–Crippen MR) is 85.8 cm³/mol. The first-order chi connectivity index (χ1) is 10.1. The third kappa shape index (κ3) is 4.54. The zero-order valence-corrected chi connectivity index (χ0v) is 13.2. The standard InChI is InChI=1S/C15H23N3O2S/c1-11(15(19)17-9-13-7-4-8-20-13)18(10-14(16)21)12-5-2-3-6-12/h4,7-8,11-12H,2-3,5-6,9-10H2,1H3,(H2,16,21)(H,17,19). The van der Waals surface area contributed by atoms with E-state index >= 15 is 0 Å². The van der Waals surface area contributed by atoms with Gasteiger partial charge in [0.1, 0.15) is 5.76 Å². The molecule has 1 aliphatic carbocycles. The highest BCUT2D eigenvalue weighted by Gasteiger charge is 2.30. The fraction of sp³-hybridized carbons (Fsp3) is 0.600. The number of hydrogen-bond donors (Lipinski definition) is 2. The van der Waals surface area contributed by atoms with E-state index in [4.69, 9.17) is 22.4 Å². The van der Waals surface area contributed by atoms with E-state index < -0.39 is 0 Å². The van der Waals surface area contributed by atoms with Crippen LogP contribution in [0.4, 0.5) is 0 Å². The largest absolute Gasteiger partial charge is 0.467 e. The van der Waals surface area contributed by atoms with Crippen molar-refractivity contribution in [3.8, 4) is 0 Å². The minimum Gasteiger partial charge on any atom is -0.467 e. The fourth-order valence-corrected chi connectivity index (χ4v) is 3.03. The first kappa shape index (κ1) is 16.0. The third-order valence-corrected chi connectivity index (χ3v) is 4.16. The summed E-state index contributed by atoms with van der Waals surface area (Å²) in [7, 11) is 0. The molecule has 0 saturated heterocycles. The molecule has 1 amide bonds. The molecule has 1 fully saturated rings. The maximum absolute atomic E-state index is 12.3. The van der Waals surface area contributed by atoms with Crippen LogP contribution in [0.1, 0.15) is 38.4 Å². The molecule has 1 saturated carbocycles. The van der Waals surface area contributed by atoms with E-state index in [0.717, 1.165) is 18.6 Å². The first-order valence-corrected chi connectivity index (χ1v) is 7.83. The Morgan fingerprint density at radius 2 is 2.29 bits per heavy atom. The molecule has 5 nitrogen and oxygen atoms in total. The minimum absolute atomic E-state index is 0.0189. The molecule has 6 heteroatoms. The van der Waals surface area contributed by atoms with E-state index in [2.05, 4.69) is 10.2 Å². The van der Waals surface area contributed by atoms with Gasteiger partial charge < -0.3 is 15.5 Å². The molecule has 1 aromatic rings. The minimum atomic E-state index is -0.246. The summed E-state index contributed by atoms with van der Waals surface area (Å²) in [4.78, 5) is 14.9. The monoisotopic (exact) mass is 309 g/mol. The number of amides is 1. The zero-order valence-electron chi connectivity index (χ0n) is 12.4. The van der Waals surface area contributed by atoms with Crippen LogP contribution in [-0.2, 0) is 11.3 Å². The number of nitrogens with two attached hydrogens (primary N) is 1. The van der Waals surface area contributed by atoms with Gasteiger partial charge in [-0.05, 0) is 31.9 Å². The van der Waals surface area contributed by atoms with Gasteiger partial charge in [-0.25, -0.2) is 0 Å². The molecular weight excluding hydrogens is 286 g/mol. The predicted octanol–water partition coefficient (Wildman–Crippen LogP) is 1.81. The van der Waals surface area contributed by atoms with E-state index in [1.165, 1.54) is 12.8 Å². The lowest BCUT2D eigenvalue weighted by Gasteiger charge is -2.33. The summed E-state index contributed by atoms with van der Waals surface area (Å²) < 4.78 is 5.22. The highest BCUT2D eigenvalue weighted by atomic mass is 32.1. The molecule has 116 valence electrons. The Morgan fingerprint density at radius 3 is 2.86 bits per heavy atom. The van der Waals surface area contributed by atoms with Gasteiger partial charge in [-0.2, -0.15) is 0 Å². The number of hydrogen-bond acceptors (Lipinski definition) is 4. The summed E-state index contributed by atoms with van der Waals surface area (Å²) in [6.45, 7) is 2.81. The number of thiocarbonyl (C=S) groups is 1. The summed E-state index contributed by atoms with van der Waals surface area (Å²) in [6.07, 6.45) is 6.23. The van der Waals surface area contributed by atoms with Gasteiger partial charge in [-0.15, -0.1) is 0 Å². The fourth-order valence-electron chi connectivity index (χ4n) is 2.88. The molecule has 1 aromatic heterocycles. The molecule has 0 spiro atoms. The molecule has 1 atom stereocenters. The van der Waals surface area contributed by atoms with Crippen molar-refractivity contribution in [3.63, 3.8) is 0 Å². The summed E-state index contributed by atoms with van der Waals surface area (Å²) in [6, 6.07) is 3.80. The molecule has 3 N–H and O–H groups in total. The number of nitrogens with zero attached hydrogens (tertiary/aromatic N) is 1. The van der Waals surface area contributed by atoms with Crippen LogP contribution in [0.15, 0.2) is 22.8 Å². The number of carbonyl (C=O) groups is 1. The van der Waals surface area contributed by atoms with Crippen LogP contribution in [0.2, 0.25) is 0 Å². The van der Waals surface area contributed by atoms with Gasteiger partial charge in [-0.3, -0.25) is 9.69 Å². The highest BCUT2D eigenvalue weighted by Crippen LogP contribution is 2.25. The van der Waals surface area contributed by atoms with Crippen LogP contribution >= 0.6 is 12.2 Å². The molecule has 2 rings (SSSR count). The molecular formula is C15H23N3O2S. The number of carbonyl (C=O) groups excluding carboxylic acids is 1. The molecule has 1 aliphatic rings. The van der Waals surface area contributed by atoms with Crippen molar-refractivity contribution >= 4 is 23.1 Å². The number of nitrogens with one attached hydrogen (secondary N) is 1. The van der Waals surface area contributed by atoms with Gasteiger partial charge in [0.25, 0.3) is 0 Å². The lowest BCUT2D eigenvalue weighted by Crippen LogP contribution is -2.51. The third-order valence-electron chi connectivity index (χ3n) is 4.03. The van der Waals surface area contributed by atoms with E-state index in [0.29, 0.717) is 24.1 Å². The number of furan rings is 1. The summed E-state index contributed by atoms with van der Waals surface area (Å²) in [5, 5.41) is 2.90. The molecule has 0 radical (unpaired) electrons. The molecule has 1 heterocycles. The van der Waals surface area contributed by atoms with Crippen LogP contribution < -0.4 is 11.1 Å². The van der Waals surface area contributed by atoms with Crippen LogP contribution in [0.3, 0.4) is 0 Å². The molecule has 21 heavy (non-hydrogen) atoms. The van der Waals surface area contributed by atoms with Gasteiger partial charge in [0.2, 0.25) is 5.91 Å². The Bertz CT molecular complexity index is 469. The molecule has 0 aromatic carbocycles. The molecule has 0 aliphatic heterocycles. The van der Waals surface area contributed by atoms with Gasteiger partial charge >= 0.3 is 0 Å². The van der Waals surface area contributed by atoms with Crippen LogP contribution in [0.5, 0.6) is 0 Å². The van der Waals surface area contributed by atoms with Crippen molar-refractivity contribution in [2.45, 2.75) is 51.2 Å². The Balaban J connectivity index is 1.93. The van der Waals surface area contributed by atoms with Crippen LogP contribution in [-0.4, -0.2) is 34.4 Å². The maximum Gasteiger partial charge on any atom is 0.237 e. The average molecular weight is 309 g/mol. The van der Waals surface area contributed by atoms with Crippen LogP contribution in [0.25, 0.3) is 0 Å². The maximum atomic E-state index is 12.3. The van der Waals surface area contributed by atoms with E-state index in [1.807, 2.05) is 19.1 Å². The molecule has 0 bridgehead atoms. The number of rotatable bonds is 7. The van der Waals surface area contributed by atoms with Gasteiger partial charge in [0.05, 0.1) is 23.8 Å². The van der Waals surface area contributed by atoms with Gasteiger partial charge in [0.15, 0.2) is 0 Å². The van der Waals surface area contributed by atoms with E-state index in [9.17, 15) is 4.79 Å². The van der Waals surface area contributed by atoms with Gasteiger partial charge in [0, 0.05) is 12.6 Å². The average Bonchev–Trinajstić information content (AvgIpc) is 3.13. The Labute approximate surface area is 130 Å². The zero-order chi connectivity index (χ0) is 15.2. The second kappa shape index (κ2) is 7.56. The van der Waals surface area contributed by atoms with E-state index in [1.54, 1.807) is 6.26 Å². The van der Waals surface area contributed by atoms with Crippen molar-refractivity contribution in [1.29, 1.82) is 0 Å². The van der Waals surface area contributed by atoms with Crippen molar-refractivity contribution < 1.29 is 9.21 Å². The normalized spacial score (nSPS) is 17.0. The van der Waals surface area contributed by atoms with E-state index in [-0.39, 0.29) is 11.9 Å². The second-order valence-electron chi connectivity index (χ2n) is 5.55. The van der Waals surface area contributed by atoms with Crippen molar-refractivity contribution in [2.24, 2.45) is 5.73 Å². The second-order valence-corrected chi connectivity index (χ2v) is 6.07. The summed E-state index contributed by atoms with van der Waals surface area (Å²) >= 11 is 5.03. The smallest absolute Gasteiger partial charge is 0.237 e. The van der Waals surface area contributed by atoms with Crippen molar-refractivity contribution in [2.75, 3.05) is 6.54 Å².